The van der Waals surface area contributed by atoms with Gasteiger partial charge in [0.15, 0.2) is 0 Å². The second-order valence-electron chi connectivity index (χ2n) is 7.68. The Morgan fingerprint density at radius 1 is 1.20 bits per heavy atom. The van der Waals surface area contributed by atoms with Crippen LogP contribution in [0.4, 0.5) is 0 Å². The maximum absolute atomic E-state index is 13.0. The van der Waals surface area contributed by atoms with Crippen molar-refractivity contribution >= 4 is 28.4 Å². The maximum atomic E-state index is 13.0. The van der Waals surface area contributed by atoms with Crippen LogP contribution >= 0.6 is 0 Å². The Labute approximate surface area is 175 Å². The average Bonchev–Trinajstić information content (AvgIpc) is 3.23. The van der Waals surface area contributed by atoms with Gasteiger partial charge in [-0.25, -0.2) is 0 Å². The van der Waals surface area contributed by atoms with E-state index in [0.717, 1.165) is 16.5 Å². The Morgan fingerprint density at radius 3 is 2.63 bits per heavy atom. The average molecular weight is 412 g/mol. The molecule has 1 atom stereocenters. The van der Waals surface area contributed by atoms with Crippen molar-refractivity contribution in [1.82, 2.24) is 20.9 Å². The summed E-state index contributed by atoms with van der Waals surface area (Å²) in [5.41, 5.74) is 1.85. The zero-order valence-corrected chi connectivity index (χ0v) is 17.3. The highest BCUT2D eigenvalue weighted by atomic mass is 16.3. The van der Waals surface area contributed by atoms with Gasteiger partial charge in [0.2, 0.25) is 0 Å². The van der Waals surface area contributed by atoms with Crippen LogP contribution in [-0.4, -0.2) is 46.8 Å². The van der Waals surface area contributed by atoms with Crippen LogP contribution in [0.5, 0.6) is 0 Å². The molecule has 0 saturated heterocycles. The number of nitrogens with one attached hydrogen (secondary N) is 5. The number of aromatic amines is 1. The Hall–Kier alpha value is -3.13. The minimum atomic E-state index is -0.566. The fraction of sp³-hybridized carbons (Fsp3) is 0.409. The van der Waals surface area contributed by atoms with Crippen LogP contribution in [0.3, 0.4) is 0 Å². The summed E-state index contributed by atoms with van der Waals surface area (Å²) in [5.74, 6) is -0.929. The predicted octanol–water partition coefficient (Wildman–Crippen LogP) is 1.89. The molecule has 0 bridgehead atoms. The van der Waals surface area contributed by atoms with E-state index in [2.05, 4.69) is 20.9 Å². The number of aromatic nitrogens is 1. The number of carbonyl (C=O) groups is 2. The molecular weight excluding hydrogens is 382 g/mol. The van der Waals surface area contributed by atoms with Gasteiger partial charge < -0.3 is 26.0 Å². The van der Waals surface area contributed by atoms with E-state index in [1.54, 1.807) is 0 Å². The molecule has 8 nitrogen and oxygen atoms in total. The number of aliphatic hydroxyl groups is 1. The quantitative estimate of drug-likeness (QED) is 0.307. The van der Waals surface area contributed by atoms with E-state index in [1.165, 1.54) is 13.1 Å². The fourth-order valence-corrected chi connectivity index (χ4v) is 3.80. The summed E-state index contributed by atoms with van der Waals surface area (Å²) < 4.78 is 0. The van der Waals surface area contributed by atoms with Crippen molar-refractivity contribution in [2.75, 3.05) is 7.05 Å². The van der Waals surface area contributed by atoms with Gasteiger partial charge in [0.1, 0.15) is 11.4 Å². The lowest BCUT2D eigenvalue weighted by molar-refractivity contribution is -0.119. The van der Waals surface area contributed by atoms with E-state index in [0.29, 0.717) is 25.7 Å². The van der Waals surface area contributed by atoms with Crippen LogP contribution in [0.15, 0.2) is 42.2 Å². The number of hydrogen-bond acceptors (Lipinski definition) is 5. The van der Waals surface area contributed by atoms with Gasteiger partial charge in [-0.15, -0.1) is 0 Å². The number of aliphatic hydroxyl groups excluding tert-OH is 1. The number of hydrogen-bond donors (Lipinski definition) is 6. The van der Waals surface area contributed by atoms with E-state index in [9.17, 15) is 14.7 Å². The molecule has 1 aromatic carbocycles. The molecule has 1 aromatic heterocycles. The zero-order chi connectivity index (χ0) is 21.7. The third kappa shape index (κ3) is 5.07. The minimum Gasteiger partial charge on any atom is -0.393 e. The molecule has 1 aliphatic carbocycles. The molecule has 30 heavy (non-hydrogen) atoms. The molecule has 8 heteroatoms. The zero-order valence-electron chi connectivity index (χ0n) is 17.3. The summed E-state index contributed by atoms with van der Waals surface area (Å²) in [7, 11) is 1.44. The van der Waals surface area contributed by atoms with Crippen LogP contribution in [0.2, 0.25) is 0 Å². The molecule has 2 amide bonds. The van der Waals surface area contributed by atoms with Crippen molar-refractivity contribution in [3.05, 3.63) is 47.8 Å². The number of H-pyrrole nitrogens is 1. The van der Waals surface area contributed by atoms with Gasteiger partial charge in [-0.1, -0.05) is 12.1 Å². The van der Waals surface area contributed by atoms with Crippen LogP contribution in [0.25, 0.3) is 10.9 Å². The van der Waals surface area contributed by atoms with Gasteiger partial charge in [-0.3, -0.25) is 15.0 Å². The Bertz CT molecular complexity index is 957. The van der Waals surface area contributed by atoms with Crippen LogP contribution in [-0.2, 0) is 9.59 Å². The summed E-state index contributed by atoms with van der Waals surface area (Å²) in [6.45, 7) is 1.93. The first-order chi connectivity index (χ1) is 14.4. The van der Waals surface area contributed by atoms with Crippen molar-refractivity contribution in [3.8, 4) is 0 Å². The van der Waals surface area contributed by atoms with Crippen molar-refractivity contribution in [3.63, 3.8) is 0 Å². The van der Waals surface area contributed by atoms with Crippen molar-refractivity contribution in [2.45, 2.75) is 50.8 Å². The number of carbonyl (C=O) groups excluding carboxylic acids is 2. The molecule has 0 radical (unpaired) electrons. The Kier molecular flexibility index (Phi) is 6.89. The molecule has 0 unspecified atom stereocenters. The first kappa shape index (κ1) is 21.6. The van der Waals surface area contributed by atoms with Crippen LogP contribution in [0.1, 0.15) is 44.2 Å². The standard InChI is InChI=1S/C22H29N5O3/c1-13(16-4-3-5-19-17(16)10-11-25-19)26-20(12-18(23)21(29)24-2)22(30)27-14-6-8-15(28)9-7-14/h3-5,10-15,23,25-26,28H,6-9H2,1-2H3,(H,24,29)(H,27,30)/b20-12-,23-18?/t13-,14-,15-/m0/s1. The maximum Gasteiger partial charge on any atom is 0.268 e. The molecule has 160 valence electrons. The predicted molar refractivity (Wildman–Crippen MR) is 116 cm³/mol. The molecule has 1 fully saturated rings. The monoisotopic (exact) mass is 411 g/mol. The van der Waals surface area contributed by atoms with Gasteiger partial charge in [-0.05, 0) is 56.4 Å². The van der Waals surface area contributed by atoms with Gasteiger partial charge >= 0.3 is 0 Å². The summed E-state index contributed by atoms with van der Waals surface area (Å²) in [4.78, 5) is 28.0. The van der Waals surface area contributed by atoms with E-state index < -0.39 is 5.91 Å². The van der Waals surface area contributed by atoms with Crippen molar-refractivity contribution in [2.24, 2.45) is 0 Å². The molecule has 2 aromatic rings. The Balaban J connectivity index is 1.81. The normalized spacial score (nSPS) is 20.4. The highest BCUT2D eigenvalue weighted by molar-refractivity contribution is 6.42. The van der Waals surface area contributed by atoms with E-state index in [4.69, 9.17) is 5.41 Å². The molecule has 1 saturated carbocycles. The molecule has 0 aliphatic heterocycles. The molecular formula is C22H29N5O3. The fourth-order valence-electron chi connectivity index (χ4n) is 3.80. The molecule has 3 rings (SSSR count). The third-order valence-electron chi connectivity index (χ3n) is 5.50. The minimum absolute atomic E-state index is 0.0382. The molecule has 1 heterocycles. The lowest BCUT2D eigenvalue weighted by Gasteiger charge is -2.27. The molecule has 6 N–H and O–H groups in total. The number of benzene rings is 1. The van der Waals surface area contributed by atoms with E-state index >= 15 is 0 Å². The number of rotatable bonds is 7. The van der Waals surface area contributed by atoms with E-state index in [-0.39, 0.29) is 35.5 Å². The first-order valence-corrected chi connectivity index (χ1v) is 10.2. The third-order valence-corrected chi connectivity index (χ3v) is 5.50. The van der Waals surface area contributed by atoms with E-state index in [1.807, 2.05) is 37.4 Å². The Morgan fingerprint density at radius 2 is 1.93 bits per heavy atom. The topological polar surface area (TPSA) is 130 Å². The largest absolute Gasteiger partial charge is 0.393 e. The first-order valence-electron chi connectivity index (χ1n) is 10.2. The lowest BCUT2D eigenvalue weighted by atomic mass is 9.93. The van der Waals surface area contributed by atoms with Gasteiger partial charge in [0.05, 0.1) is 6.10 Å². The SMILES string of the molecule is CNC(=O)C(=N)/C=C(\N[C@@H](C)c1cccc2[nH]ccc12)C(=O)N[C@H]1CC[C@H](O)CC1. The summed E-state index contributed by atoms with van der Waals surface area (Å²) >= 11 is 0. The van der Waals surface area contributed by atoms with Crippen LogP contribution < -0.4 is 16.0 Å². The summed E-state index contributed by atoms with van der Waals surface area (Å²) in [6, 6.07) is 7.61. The highest BCUT2D eigenvalue weighted by Gasteiger charge is 2.24. The van der Waals surface area contributed by atoms with Crippen molar-refractivity contribution in [1.29, 1.82) is 5.41 Å². The summed E-state index contributed by atoms with van der Waals surface area (Å²) in [5, 5.41) is 27.3. The highest BCUT2D eigenvalue weighted by Crippen LogP contribution is 2.24. The van der Waals surface area contributed by atoms with Crippen molar-refractivity contribution < 1.29 is 14.7 Å². The van der Waals surface area contributed by atoms with Crippen LogP contribution in [0, 0.1) is 5.41 Å². The van der Waals surface area contributed by atoms with Gasteiger partial charge in [0.25, 0.3) is 11.8 Å². The lowest BCUT2D eigenvalue weighted by Crippen LogP contribution is -2.42. The molecule has 1 aliphatic rings. The number of fused-ring (bicyclic) bond motifs is 1. The second kappa shape index (κ2) is 9.58. The van der Waals surface area contributed by atoms with Gasteiger partial charge in [-0.2, -0.15) is 0 Å². The molecule has 0 spiro atoms. The summed E-state index contributed by atoms with van der Waals surface area (Å²) in [6.07, 6.45) is 5.52. The van der Waals surface area contributed by atoms with Gasteiger partial charge in [0, 0.05) is 36.2 Å². The number of amides is 2. The second-order valence-corrected chi connectivity index (χ2v) is 7.68. The smallest absolute Gasteiger partial charge is 0.268 e.